The molecule has 2 fully saturated rings. The van der Waals surface area contributed by atoms with Gasteiger partial charge in [-0.1, -0.05) is 0 Å². The van der Waals surface area contributed by atoms with E-state index in [0.29, 0.717) is 12.5 Å². The fraction of sp³-hybridized carbons (Fsp3) is 0.571. The molecule has 0 aromatic carbocycles. The molecule has 0 saturated carbocycles. The number of hydrogen-bond acceptors (Lipinski definition) is 6. The Bertz CT molecular complexity index is 796. The summed E-state index contributed by atoms with van der Waals surface area (Å²) in [5.74, 6) is 0.512. The lowest BCUT2D eigenvalue weighted by atomic mass is 9.97. The van der Waals surface area contributed by atoms with E-state index in [0.717, 1.165) is 76.6 Å². The first-order chi connectivity index (χ1) is 13.8. The summed E-state index contributed by atoms with van der Waals surface area (Å²) in [6.45, 7) is 9.00. The van der Waals surface area contributed by atoms with E-state index in [2.05, 4.69) is 19.9 Å². The molecule has 0 atom stereocenters. The van der Waals surface area contributed by atoms with Crippen LogP contribution in [0.5, 0.6) is 0 Å². The molecule has 4 heterocycles. The Labute approximate surface area is 165 Å². The molecule has 7 nitrogen and oxygen atoms in total. The van der Waals surface area contributed by atoms with Crippen LogP contribution in [0.15, 0.2) is 41.5 Å². The summed E-state index contributed by atoms with van der Waals surface area (Å²) in [7, 11) is 0. The molecule has 28 heavy (non-hydrogen) atoms. The third-order valence-corrected chi connectivity index (χ3v) is 5.82. The first-order valence-electron chi connectivity index (χ1n) is 10.3. The van der Waals surface area contributed by atoms with Crippen LogP contribution in [-0.2, 0) is 11.3 Å². The van der Waals surface area contributed by atoms with Crippen molar-refractivity contribution in [3.05, 3.63) is 47.0 Å². The lowest BCUT2D eigenvalue weighted by molar-refractivity contribution is 0.0311. The van der Waals surface area contributed by atoms with E-state index < -0.39 is 0 Å². The van der Waals surface area contributed by atoms with Crippen LogP contribution in [0.3, 0.4) is 0 Å². The highest BCUT2D eigenvalue weighted by molar-refractivity contribution is 5.56. The first kappa shape index (κ1) is 19.2. The van der Waals surface area contributed by atoms with Gasteiger partial charge in [-0.3, -0.25) is 14.7 Å². The number of pyridine rings is 1. The van der Waals surface area contributed by atoms with Crippen molar-refractivity contribution in [3.8, 4) is 11.3 Å². The van der Waals surface area contributed by atoms with Crippen LogP contribution in [0, 0.1) is 5.92 Å². The van der Waals surface area contributed by atoms with Gasteiger partial charge in [-0.2, -0.15) is 5.10 Å². The van der Waals surface area contributed by atoms with Gasteiger partial charge in [0.2, 0.25) is 0 Å². The molecule has 4 rings (SSSR count). The summed E-state index contributed by atoms with van der Waals surface area (Å²) in [6.07, 6.45) is 5.74. The topological polar surface area (TPSA) is 63.5 Å². The van der Waals surface area contributed by atoms with E-state index in [1.54, 1.807) is 29.2 Å². The van der Waals surface area contributed by atoms with Gasteiger partial charge in [0, 0.05) is 56.7 Å². The summed E-state index contributed by atoms with van der Waals surface area (Å²) in [6, 6.07) is 7.26. The van der Waals surface area contributed by atoms with Gasteiger partial charge in [0.1, 0.15) is 0 Å². The third kappa shape index (κ3) is 5.04. The van der Waals surface area contributed by atoms with Crippen LogP contribution in [0.4, 0.5) is 0 Å². The fourth-order valence-electron chi connectivity index (χ4n) is 4.00. The largest absolute Gasteiger partial charge is 0.379 e. The average molecular weight is 383 g/mol. The number of hydrogen-bond donors (Lipinski definition) is 0. The Morgan fingerprint density at radius 1 is 0.929 bits per heavy atom. The van der Waals surface area contributed by atoms with Gasteiger partial charge in [0.15, 0.2) is 0 Å². The normalized spacial score (nSPS) is 19.7. The van der Waals surface area contributed by atoms with Gasteiger partial charge in [0.25, 0.3) is 5.56 Å². The highest BCUT2D eigenvalue weighted by atomic mass is 16.5. The van der Waals surface area contributed by atoms with Gasteiger partial charge >= 0.3 is 0 Å². The molecule has 2 aromatic rings. The van der Waals surface area contributed by atoms with Crippen molar-refractivity contribution in [2.75, 3.05) is 52.5 Å². The Kier molecular flexibility index (Phi) is 6.46. The highest BCUT2D eigenvalue weighted by Crippen LogP contribution is 2.19. The highest BCUT2D eigenvalue weighted by Gasteiger charge is 2.21. The van der Waals surface area contributed by atoms with Crippen molar-refractivity contribution >= 4 is 0 Å². The van der Waals surface area contributed by atoms with Crippen LogP contribution in [-0.4, -0.2) is 77.0 Å². The smallest absolute Gasteiger partial charge is 0.266 e. The molecule has 0 N–H and O–H groups in total. The molecular formula is C21H29N5O2. The molecule has 150 valence electrons. The summed E-state index contributed by atoms with van der Waals surface area (Å²) >= 11 is 0. The van der Waals surface area contributed by atoms with Crippen molar-refractivity contribution in [2.45, 2.75) is 19.4 Å². The predicted molar refractivity (Wildman–Crippen MR) is 108 cm³/mol. The predicted octanol–water partition coefficient (Wildman–Crippen LogP) is 1.35. The molecule has 2 aromatic heterocycles. The second-order valence-electron chi connectivity index (χ2n) is 7.71. The maximum Gasteiger partial charge on any atom is 0.266 e. The lowest BCUT2D eigenvalue weighted by Gasteiger charge is -2.34. The zero-order valence-corrected chi connectivity index (χ0v) is 16.4. The van der Waals surface area contributed by atoms with Crippen LogP contribution in [0.1, 0.15) is 12.8 Å². The Balaban J connectivity index is 1.29. The number of aromatic nitrogens is 3. The number of ether oxygens (including phenoxy) is 1. The molecule has 0 spiro atoms. The molecule has 2 aliphatic heterocycles. The van der Waals surface area contributed by atoms with E-state index in [1.165, 1.54) is 0 Å². The first-order valence-corrected chi connectivity index (χ1v) is 10.3. The quantitative estimate of drug-likeness (QED) is 0.750. The molecule has 0 aliphatic carbocycles. The zero-order chi connectivity index (χ0) is 19.2. The molecular weight excluding hydrogens is 354 g/mol. The summed E-state index contributed by atoms with van der Waals surface area (Å²) in [5, 5.41) is 4.60. The van der Waals surface area contributed by atoms with Gasteiger partial charge < -0.3 is 9.64 Å². The molecule has 0 radical (unpaired) electrons. The monoisotopic (exact) mass is 383 g/mol. The summed E-state index contributed by atoms with van der Waals surface area (Å²) in [4.78, 5) is 21.4. The summed E-state index contributed by atoms with van der Waals surface area (Å²) in [5.41, 5.74) is 1.79. The van der Waals surface area contributed by atoms with Crippen LogP contribution < -0.4 is 5.56 Å². The second-order valence-corrected chi connectivity index (χ2v) is 7.71. The standard InChI is InChI=1S/C21H29N5O2/c27-21-2-1-20(19-3-7-22-8-4-19)23-26(21)17-18-5-9-24(10-6-18)11-12-25-13-15-28-16-14-25/h1-4,7-8,18H,5-6,9-17H2. The van der Waals surface area contributed by atoms with Crippen molar-refractivity contribution in [1.29, 1.82) is 0 Å². The van der Waals surface area contributed by atoms with Crippen LogP contribution >= 0.6 is 0 Å². The molecule has 0 amide bonds. The molecule has 2 saturated heterocycles. The fourth-order valence-corrected chi connectivity index (χ4v) is 4.00. The summed E-state index contributed by atoms with van der Waals surface area (Å²) < 4.78 is 7.06. The number of morpholine rings is 1. The molecule has 0 bridgehead atoms. The number of likely N-dealkylation sites (tertiary alicyclic amines) is 1. The third-order valence-electron chi connectivity index (χ3n) is 5.82. The lowest BCUT2D eigenvalue weighted by Crippen LogP contribution is -2.44. The Hall–Kier alpha value is -2.09. The molecule has 7 heteroatoms. The maximum absolute atomic E-state index is 12.3. The number of nitrogens with zero attached hydrogens (tertiary/aromatic N) is 5. The number of piperidine rings is 1. The minimum absolute atomic E-state index is 0.0208. The van der Waals surface area contributed by atoms with Gasteiger partial charge in [-0.05, 0) is 50.0 Å². The van der Waals surface area contributed by atoms with Crippen molar-refractivity contribution in [3.63, 3.8) is 0 Å². The molecule has 2 aliphatic rings. The van der Waals surface area contributed by atoms with Gasteiger partial charge in [0.05, 0.1) is 18.9 Å². The minimum atomic E-state index is -0.0208. The van der Waals surface area contributed by atoms with Crippen LogP contribution in [0.25, 0.3) is 11.3 Å². The van der Waals surface area contributed by atoms with Gasteiger partial charge in [-0.15, -0.1) is 0 Å². The SMILES string of the molecule is O=c1ccc(-c2ccncc2)nn1CC1CCN(CCN2CCOCC2)CC1. The van der Waals surface area contributed by atoms with Crippen LogP contribution in [0.2, 0.25) is 0 Å². The van der Waals surface area contributed by atoms with Crippen molar-refractivity contribution in [1.82, 2.24) is 24.6 Å². The Morgan fingerprint density at radius 2 is 1.61 bits per heavy atom. The van der Waals surface area contributed by atoms with Crippen molar-refractivity contribution < 1.29 is 4.74 Å². The molecule has 0 unspecified atom stereocenters. The van der Waals surface area contributed by atoms with E-state index in [-0.39, 0.29) is 5.56 Å². The minimum Gasteiger partial charge on any atom is -0.379 e. The Morgan fingerprint density at radius 3 is 2.32 bits per heavy atom. The second kappa shape index (κ2) is 9.41. The maximum atomic E-state index is 12.3. The van der Waals surface area contributed by atoms with Crippen molar-refractivity contribution in [2.24, 2.45) is 5.92 Å². The van der Waals surface area contributed by atoms with E-state index in [9.17, 15) is 4.79 Å². The van der Waals surface area contributed by atoms with Gasteiger partial charge in [-0.25, -0.2) is 4.68 Å². The average Bonchev–Trinajstić information content (AvgIpc) is 2.76. The number of rotatable bonds is 6. The van der Waals surface area contributed by atoms with E-state index in [1.807, 2.05) is 12.1 Å². The zero-order valence-electron chi connectivity index (χ0n) is 16.4. The van der Waals surface area contributed by atoms with E-state index >= 15 is 0 Å². The van der Waals surface area contributed by atoms with E-state index in [4.69, 9.17) is 4.74 Å².